The van der Waals surface area contributed by atoms with Crippen molar-refractivity contribution in [3.8, 4) is 0 Å². The van der Waals surface area contributed by atoms with Crippen LogP contribution in [0.25, 0.3) is 0 Å². The number of anilines is 2. The summed E-state index contributed by atoms with van der Waals surface area (Å²) in [6.45, 7) is 2.18. The molecular weight excluding hydrogens is 410 g/mol. The molecule has 2 amide bonds. The molecule has 3 aromatic heterocycles. The predicted molar refractivity (Wildman–Crippen MR) is 120 cm³/mol. The van der Waals surface area contributed by atoms with Crippen molar-refractivity contribution < 1.29 is 19.4 Å². The fraction of sp³-hybridized carbons (Fsp3) is 0.261. The summed E-state index contributed by atoms with van der Waals surface area (Å²) >= 11 is 0. The van der Waals surface area contributed by atoms with Crippen LogP contribution in [-0.2, 0) is 4.74 Å². The molecule has 0 aromatic carbocycles. The lowest BCUT2D eigenvalue weighted by Crippen LogP contribution is -2.37. The Morgan fingerprint density at radius 3 is 2.09 bits per heavy atom. The largest absolute Gasteiger partial charge is 0.395 e. The number of hydrogen-bond donors (Lipinski definition) is 1. The minimum absolute atomic E-state index is 0.0395. The van der Waals surface area contributed by atoms with Gasteiger partial charge >= 0.3 is 0 Å². The number of carbonyl (C=O) groups excluding carboxylic acids is 2. The maximum absolute atomic E-state index is 13.2. The highest BCUT2D eigenvalue weighted by Crippen LogP contribution is 2.25. The third kappa shape index (κ3) is 5.32. The Labute approximate surface area is 186 Å². The summed E-state index contributed by atoms with van der Waals surface area (Å²) < 4.78 is 5.19. The van der Waals surface area contributed by atoms with Gasteiger partial charge in [0.05, 0.1) is 37.4 Å². The summed E-state index contributed by atoms with van der Waals surface area (Å²) in [5, 5.41) is 9.55. The first-order valence-electron chi connectivity index (χ1n) is 10.1. The molecule has 32 heavy (non-hydrogen) atoms. The van der Waals surface area contributed by atoms with Crippen LogP contribution >= 0.6 is 0 Å². The number of methoxy groups -OCH3 is 1. The molecule has 3 rings (SSSR count). The molecule has 9 heteroatoms. The number of aliphatic hydroxyl groups is 1. The number of nitrogens with zero attached hydrogens (tertiary/aromatic N) is 5. The Hall–Kier alpha value is -3.69. The molecule has 0 atom stereocenters. The quantitative estimate of drug-likeness (QED) is 0.548. The molecule has 0 spiro atoms. The second-order valence-corrected chi connectivity index (χ2v) is 6.92. The maximum atomic E-state index is 13.2. The van der Waals surface area contributed by atoms with E-state index in [1.807, 2.05) is 6.92 Å². The van der Waals surface area contributed by atoms with Gasteiger partial charge in [0.15, 0.2) is 0 Å². The second-order valence-electron chi connectivity index (χ2n) is 6.92. The van der Waals surface area contributed by atoms with E-state index < -0.39 is 0 Å². The van der Waals surface area contributed by atoms with E-state index in [1.165, 1.54) is 22.2 Å². The number of carbonyl (C=O) groups is 2. The molecule has 0 fully saturated rings. The van der Waals surface area contributed by atoms with E-state index in [-0.39, 0.29) is 31.5 Å². The van der Waals surface area contributed by atoms with Crippen molar-refractivity contribution >= 4 is 23.5 Å². The van der Waals surface area contributed by atoms with Crippen LogP contribution in [0.5, 0.6) is 0 Å². The summed E-state index contributed by atoms with van der Waals surface area (Å²) in [5.41, 5.74) is 1.53. The monoisotopic (exact) mass is 435 g/mol. The Morgan fingerprint density at radius 2 is 1.56 bits per heavy atom. The van der Waals surface area contributed by atoms with Gasteiger partial charge in [0, 0.05) is 31.9 Å². The number of aromatic nitrogens is 3. The molecule has 3 heterocycles. The Bertz CT molecular complexity index is 1050. The third-order valence-electron chi connectivity index (χ3n) is 4.74. The molecule has 1 N–H and O–H groups in total. The van der Waals surface area contributed by atoms with Gasteiger partial charge in [-0.25, -0.2) is 4.98 Å². The van der Waals surface area contributed by atoms with Gasteiger partial charge in [0.2, 0.25) is 0 Å². The smallest absolute Gasteiger partial charge is 0.261 e. The van der Waals surface area contributed by atoms with Crippen molar-refractivity contribution in [2.24, 2.45) is 0 Å². The summed E-state index contributed by atoms with van der Waals surface area (Å²) in [5.74, 6) is 0.0805. The van der Waals surface area contributed by atoms with Crippen LogP contribution in [0.1, 0.15) is 26.3 Å². The van der Waals surface area contributed by atoms with Gasteiger partial charge in [-0.15, -0.1) is 0 Å². The highest BCUT2D eigenvalue weighted by molar-refractivity contribution is 6.07. The number of ether oxygens (including phenoxy) is 1. The zero-order valence-electron chi connectivity index (χ0n) is 18.0. The molecule has 166 valence electrons. The number of rotatable bonds is 9. The van der Waals surface area contributed by atoms with Crippen LogP contribution < -0.4 is 9.80 Å². The molecule has 0 saturated carbocycles. The Balaban J connectivity index is 2.01. The average molecular weight is 435 g/mol. The first kappa shape index (κ1) is 23.0. The fourth-order valence-corrected chi connectivity index (χ4v) is 3.13. The Kier molecular flexibility index (Phi) is 7.96. The second kappa shape index (κ2) is 11.1. The van der Waals surface area contributed by atoms with Gasteiger partial charge in [-0.3, -0.25) is 29.4 Å². The molecule has 0 saturated heterocycles. The zero-order valence-corrected chi connectivity index (χ0v) is 18.0. The zero-order chi connectivity index (χ0) is 22.9. The van der Waals surface area contributed by atoms with Crippen LogP contribution in [0.2, 0.25) is 0 Å². The van der Waals surface area contributed by atoms with E-state index in [1.54, 1.807) is 55.9 Å². The SMILES string of the molecule is COCCN(C(=O)c1cccnc1)c1nc(N(CCO)C(=O)c2cccnc2)ccc1C. The number of hydrogen-bond acceptors (Lipinski definition) is 7. The molecule has 0 aliphatic rings. The fourth-order valence-electron chi connectivity index (χ4n) is 3.13. The molecule has 3 aromatic rings. The number of aliphatic hydroxyl groups excluding tert-OH is 1. The highest BCUT2D eigenvalue weighted by atomic mass is 16.5. The van der Waals surface area contributed by atoms with Gasteiger partial charge in [-0.2, -0.15) is 0 Å². The van der Waals surface area contributed by atoms with Crippen molar-refractivity contribution in [3.05, 3.63) is 77.9 Å². The molecule has 0 aliphatic carbocycles. The van der Waals surface area contributed by atoms with Crippen LogP contribution in [0.3, 0.4) is 0 Å². The molecule has 0 bridgehead atoms. The minimum Gasteiger partial charge on any atom is -0.395 e. The molecular formula is C23H25N5O4. The van der Waals surface area contributed by atoms with Crippen LogP contribution in [0.15, 0.2) is 61.2 Å². The van der Waals surface area contributed by atoms with E-state index >= 15 is 0 Å². The summed E-state index contributed by atoms with van der Waals surface area (Å²) in [6, 6.07) is 10.1. The summed E-state index contributed by atoms with van der Waals surface area (Å²) in [6.07, 6.45) is 6.12. The van der Waals surface area contributed by atoms with Crippen LogP contribution in [0, 0.1) is 6.92 Å². The number of pyridine rings is 3. The molecule has 9 nitrogen and oxygen atoms in total. The van der Waals surface area contributed by atoms with Gasteiger partial charge < -0.3 is 9.84 Å². The van der Waals surface area contributed by atoms with E-state index in [0.29, 0.717) is 29.4 Å². The minimum atomic E-state index is -0.350. The number of aryl methyl sites for hydroxylation is 1. The standard InChI is InChI=1S/C23H25N5O4/c1-17-7-8-20(27(11-13-29)22(30)18-5-3-9-24-15-18)26-21(17)28(12-14-32-2)23(31)19-6-4-10-25-16-19/h3-10,15-16,29H,11-14H2,1-2H3. The van der Waals surface area contributed by atoms with E-state index in [4.69, 9.17) is 4.74 Å². The summed E-state index contributed by atoms with van der Waals surface area (Å²) in [4.78, 5) is 41.8. The van der Waals surface area contributed by atoms with Gasteiger partial charge in [-0.1, -0.05) is 6.07 Å². The highest BCUT2D eigenvalue weighted by Gasteiger charge is 2.24. The van der Waals surface area contributed by atoms with Crippen molar-refractivity contribution in [3.63, 3.8) is 0 Å². The van der Waals surface area contributed by atoms with Crippen molar-refractivity contribution in [2.75, 3.05) is 43.2 Å². The molecule has 0 unspecified atom stereocenters. The number of amides is 2. The van der Waals surface area contributed by atoms with Crippen molar-refractivity contribution in [2.45, 2.75) is 6.92 Å². The van der Waals surface area contributed by atoms with Crippen molar-refractivity contribution in [1.82, 2.24) is 15.0 Å². The predicted octanol–water partition coefficient (Wildman–Crippen LogP) is 2.11. The van der Waals surface area contributed by atoms with Gasteiger partial charge in [-0.05, 0) is 42.8 Å². The van der Waals surface area contributed by atoms with Gasteiger partial charge in [0.1, 0.15) is 11.6 Å². The van der Waals surface area contributed by atoms with Gasteiger partial charge in [0.25, 0.3) is 11.8 Å². The van der Waals surface area contributed by atoms with E-state index in [0.717, 1.165) is 5.56 Å². The third-order valence-corrected chi connectivity index (χ3v) is 4.74. The molecule has 0 radical (unpaired) electrons. The van der Waals surface area contributed by atoms with Crippen LogP contribution in [0.4, 0.5) is 11.6 Å². The topological polar surface area (TPSA) is 109 Å². The lowest BCUT2D eigenvalue weighted by Gasteiger charge is -2.26. The average Bonchev–Trinajstić information content (AvgIpc) is 2.84. The lowest BCUT2D eigenvalue weighted by molar-refractivity contribution is 0.0971. The first-order valence-corrected chi connectivity index (χ1v) is 10.1. The lowest BCUT2D eigenvalue weighted by atomic mass is 10.2. The Morgan fingerprint density at radius 1 is 0.938 bits per heavy atom. The first-order chi connectivity index (χ1) is 15.6. The van der Waals surface area contributed by atoms with E-state index in [9.17, 15) is 14.7 Å². The van der Waals surface area contributed by atoms with Crippen LogP contribution in [-0.4, -0.2) is 65.3 Å². The maximum Gasteiger partial charge on any atom is 0.261 e. The van der Waals surface area contributed by atoms with Crippen molar-refractivity contribution in [1.29, 1.82) is 0 Å². The normalized spacial score (nSPS) is 10.6. The van der Waals surface area contributed by atoms with E-state index in [2.05, 4.69) is 15.0 Å². The molecule has 0 aliphatic heterocycles. The summed E-state index contributed by atoms with van der Waals surface area (Å²) in [7, 11) is 1.55.